The zero-order chi connectivity index (χ0) is 19.0. The molecule has 0 saturated heterocycles. The Balaban J connectivity index is 0.00000150. The molecule has 1 N–H and O–H groups in total. The van der Waals surface area contributed by atoms with Crippen molar-refractivity contribution in [3.05, 3.63) is 29.3 Å². The minimum atomic E-state index is 0. The number of fused-ring (bicyclic) bond motifs is 5. The predicted octanol–water partition coefficient (Wildman–Crippen LogP) is 5.30. The van der Waals surface area contributed by atoms with Crippen LogP contribution in [0.3, 0.4) is 0 Å². The Hall–Kier alpha value is -0.480. The predicted molar refractivity (Wildman–Crippen MR) is 127 cm³/mol. The second-order valence-corrected chi connectivity index (χ2v) is 9.77. The Labute approximate surface area is 190 Å². The van der Waals surface area contributed by atoms with Gasteiger partial charge in [0, 0.05) is 6.04 Å². The highest BCUT2D eigenvalue weighted by atomic mass is 35.5. The summed E-state index contributed by atoms with van der Waals surface area (Å²) < 4.78 is 5.47. The lowest BCUT2D eigenvalue weighted by atomic mass is 9.55. The van der Waals surface area contributed by atoms with Crippen molar-refractivity contribution >= 4 is 24.8 Å². The molecule has 0 bridgehead atoms. The first-order valence-electron chi connectivity index (χ1n) is 11.1. The molecule has 0 spiro atoms. The van der Waals surface area contributed by atoms with Crippen molar-refractivity contribution in [3.63, 3.8) is 0 Å². The van der Waals surface area contributed by atoms with E-state index in [0.717, 1.165) is 29.5 Å². The Morgan fingerprint density at radius 3 is 2.66 bits per heavy atom. The van der Waals surface area contributed by atoms with E-state index >= 15 is 0 Å². The van der Waals surface area contributed by atoms with E-state index in [1.54, 1.807) is 18.2 Å². The number of nitrogens with one attached hydrogen (secondary N) is 1. The fourth-order valence-electron chi connectivity index (χ4n) is 6.69. The van der Waals surface area contributed by atoms with Crippen LogP contribution < -0.4 is 10.1 Å². The molecule has 0 aromatic heterocycles. The molecule has 29 heavy (non-hydrogen) atoms. The normalized spacial score (nSPS) is 32.4. The van der Waals surface area contributed by atoms with Crippen molar-refractivity contribution in [2.75, 3.05) is 34.3 Å². The van der Waals surface area contributed by atoms with Gasteiger partial charge in [0.15, 0.2) is 0 Å². The molecule has 166 valence electrons. The summed E-state index contributed by atoms with van der Waals surface area (Å²) in [5.41, 5.74) is 3.69. The molecule has 0 radical (unpaired) electrons. The molecule has 5 atom stereocenters. The van der Waals surface area contributed by atoms with Crippen LogP contribution >= 0.6 is 24.8 Å². The number of ether oxygens (including phenoxy) is 1. The van der Waals surface area contributed by atoms with E-state index in [2.05, 4.69) is 49.4 Å². The van der Waals surface area contributed by atoms with Gasteiger partial charge in [0.1, 0.15) is 5.75 Å². The first kappa shape index (κ1) is 24.8. The summed E-state index contributed by atoms with van der Waals surface area (Å²) in [5.74, 6) is 3.59. The summed E-state index contributed by atoms with van der Waals surface area (Å²) in [6, 6.07) is 7.57. The number of aryl methyl sites for hydroxylation is 1. The van der Waals surface area contributed by atoms with Crippen LogP contribution in [-0.2, 0) is 6.42 Å². The van der Waals surface area contributed by atoms with Gasteiger partial charge < -0.3 is 15.0 Å². The first-order chi connectivity index (χ1) is 13.0. The molecule has 2 fully saturated rings. The third-order valence-electron chi connectivity index (χ3n) is 8.11. The third-order valence-corrected chi connectivity index (χ3v) is 8.11. The van der Waals surface area contributed by atoms with Crippen molar-refractivity contribution in [1.29, 1.82) is 0 Å². The van der Waals surface area contributed by atoms with E-state index in [9.17, 15) is 0 Å². The third kappa shape index (κ3) is 4.74. The van der Waals surface area contributed by atoms with Crippen LogP contribution in [0.25, 0.3) is 0 Å². The molecule has 0 amide bonds. The van der Waals surface area contributed by atoms with Gasteiger partial charge in [-0.05, 0) is 119 Å². The van der Waals surface area contributed by atoms with Crippen LogP contribution in [0, 0.1) is 17.3 Å². The van der Waals surface area contributed by atoms with Crippen LogP contribution in [0.4, 0.5) is 0 Å². The molecule has 1 aromatic carbocycles. The molecule has 3 aliphatic carbocycles. The number of methoxy groups -OCH3 is 1. The molecule has 1 aromatic rings. The number of rotatable bonds is 6. The van der Waals surface area contributed by atoms with Crippen LogP contribution in [-0.4, -0.2) is 45.2 Å². The lowest BCUT2D eigenvalue weighted by Crippen LogP contribution is -2.49. The van der Waals surface area contributed by atoms with Gasteiger partial charge in [-0.3, -0.25) is 0 Å². The molecule has 3 aliphatic rings. The molecule has 0 aliphatic heterocycles. The second-order valence-electron chi connectivity index (χ2n) is 9.77. The van der Waals surface area contributed by atoms with Gasteiger partial charge in [-0.15, -0.1) is 24.8 Å². The number of hydrogen-bond acceptors (Lipinski definition) is 3. The van der Waals surface area contributed by atoms with E-state index < -0.39 is 0 Å². The minimum absolute atomic E-state index is 0. The molecular formula is C24H40Cl2N2O. The second kappa shape index (κ2) is 10.2. The largest absolute Gasteiger partial charge is 0.497 e. The van der Waals surface area contributed by atoms with Gasteiger partial charge in [0.25, 0.3) is 0 Å². The molecule has 4 rings (SSSR count). The van der Waals surface area contributed by atoms with E-state index in [1.807, 2.05) is 0 Å². The fourth-order valence-corrected chi connectivity index (χ4v) is 6.69. The van der Waals surface area contributed by atoms with Gasteiger partial charge in [-0.1, -0.05) is 13.0 Å². The minimum Gasteiger partial charge on any atom is -0.497 e. The van der Waals surface area contributed by atoms with Gasteiger partial charge in [0.2, 0.25) is 0 Å². The lowest BCUT2D eigenvalue weighted by molar-refractivity contribution is 0.0411. The summed E-state index contributed by atoms with van der Waals surface area (Å²) in [5, 5.41) is 3.96. The zero-order valence-electron chi connectivity index (χ0n) is 18.6. The highest BCUT2D eigenvalue weighted by Gasteiger charge is 2.54. The highest BCUT2D eigenvalue weighted by molar-refractivity contribution is 5.85. The molecule has 0 heterocycles. The average Bonchev–Trinajstić information content (AvgIpc) is 3.00. The zero-order valence-corrected chi connectivity index (χ0v) is 20.2. The summed E-state index contributed by atoms with van der Waals surface area (Å²) in [6.45, 7) is 4.96. The summed E-state index contributed by atoms with van der Waals surface area (Å²) in [6.07, 6.45) is 9.42. The molecule has 3 nitrogen and oxygen atoms in total. The van der Waals surface area contributed by atoms with Gasteiger partial charge in [0.05, 0.1) is 7.11 Å². The topological polar surface area (TPSA) is 24.5 Å². The van der Waals surface area contributed by atoms with Crippen molar-refractivity contribution < 1.29 is 4.74 Å². The maximum Gasteiger partial charge on any atom is 0.119 e. The Kier molecular flexibility index (Phi) is 8.73. The maximum atomic E-state index is 5.47. The van der Waals surface area contributed by atoms with E-state index in [4.69, 9.17) is 4.74 Å². The number of nitrogens with zero attached hydrogens (tertiary/aromatic N) is 1. The Morgan fingerprint density at radius 1 is 1.14 bits per heavy atom. The van der Waals surface area contributed by atoms with Crippen LogP contribution in [0.2, 0.25) is 0 Å². The Morgan fingerprint density at radius 2 is 1.93 bits per heavy atom. The van der Waals surface area contributed by atoms with Gasteiger partial charge in [-0.25, -0.2) is 0 Å². The molecule has 2 saturated carbocycles. The fraction of sp³-hybridized carbons (Fsp3) is 0.750. The molecule has 5 heteroatoms. The van der Waals surface area contributed by atoms with E-state index in [1.165, 1.54) is 58.0 Å². The number of benzene rings is 1. The first-order valence-corrected chi connectivity index (χ1v) is 11.1. The number of hydrogen-bond donors (Lipinski definition) is 1. The van der Waals surface area contributed by atoms with Gasteiger partial charge in [-0.2, -0.15) is 0 Å². The lowest BCUT2D eigenvalue weighted by Gasteiger charge is -2.51. The van der Waals surface area contributed by atoms with Gasteiger partial charge >= 0.3 is 0 Å². The standard InChI is InChI=1S/C24H38N2O.2ClH/c1-24-13-12-20-19-9-7-18(27-4)16-17(19)6-8-21(20)22(24)10-11-23(24)25-14-5-15-26(2)3;;/h7,9,16,20-23,25H,5-6,8,10-15H2,1-4H3;2*1H/t20-,21-,22+,23+,24+;;/m1../s1. The van der Waals surface area contributed by atoms with Crippen molar-refractivity contribution in [2.45, 2.75) is 63.8 Å². The van der Waals surface area contributed by atoms with Crippen molar-refractivity contribution in [2.24, 2.45) is 17.3 Å². The highest BCUT2D eigenvalue weighted by Crippen LogP contribution is 2.60. The summed E-state index contributed by atoms with van der Waals surface area (Å²) in [7, 11) is 6.12. The van der Waals surface area contributed by atoms with Crippen LogP contribution in [0.1, 0.15) is 62.5 Å². The summed E-state index contributed by atoms with van der Waals surface area (Å²) in [4.78, 5) is 2.29. The number of halogens is 2. The van der Waals surface area contributed by atoms with Crippen LogP contribution in [0.5, 0.6) is 5.75 Å². The van der Waals surface area contributed by atoms with E-state index in [-0.39, 0.29) is 24.8 Å². The molecule has 0 unspecified atom stereocenters. The maximum absolute atomic E-state index is 5.47. The van der Waals surface area contributed by atoms with Crippen molar-refractivity contribution in [1.82, 2.24) is 10.2 Å². The smallest absolute Gasteiger partial charge is 0.119 e. The van der Waals surface area contributed by atoms with Crippen LogP contribution in [0.15, 0.2) is 18.2 Å². The monoisotopic (exact) mass is 442 g/mol. The Bertz CT molecular complexity index is 668. The SMILES string of the molecule is COc1ccc2c(c1)CC[C@@H]1[C@@H]2CC[C@]2(C)[C@@H](NCCCN(C)C)CC[C@@H]12.Cl.Cl. The van der Waals surface area contributed by atoms with Crippen molar-refractivity contribution in [3.8, 4) is 5.75 Å². The van der Waals surface area contributed by atoms with E-state index in [0.29, 0.717) is 5.41 Å². The average molecular weight is 444 g/mol. The molecular weight excluding hydrogens is 403 g/mol. The quantitative estimate of drug-likeness (QED) is 0.604. The summed E-state index contributed by atoms with van der Waals surface area (Å²) >= 11 is 0.